The van der Waals surface area contributed by atoms with E-state index in [-0.39, 0.29) is 11.7 Å². The molecule has 8 heteroatoms. The Bertz CT molecular complexity index is 747. The molecule has 2 heterocycles. The van der Waals surface area contributed by atoms with Crippen molar-refractivity contribution in [2.45, 2.75) is 25.1 Å². The molecular weight excluding hydrogens is 355 g/mol. The number of anilines is 2. The Morgan fingerprint density at radius 1 is 1.20 bits per heavy atom. The van der Waals surface area contributed by atoms with E-state index in [4.69, 9.17) is 11.6 Å². The first-order chi connectivity index (χ1) is 11.8. The van der Waals surface area contributed by atoms with E-state index >= 15 is 0 Å². The van der Waals surface area contributed by atoms with E-state index in [0.29, 0.717) is 17.6 Å². The van der Waals surface area contributed by atoms with Gasteiger partial charge in [-0.15, -0.1) is 0 Å². The highest BCUT2D eigenvalue weighted by atomic mass is 35.5. The summed E-state index contributed by atoms with van der Waals surface area (Å²) in [6, 6.07) is 8.83. The van der Waals surface area contributed by atoms with Crippen LogP contribution in [0.1, 0.15) is 18.4 Å². The van der Waals surface area contributed by atoms with Gasteiger partial charge in [0.2, 0.25) is 5.91 Å². The number of rotatable bonds is 3. The number of amides is 1. The van der Waals surface area contributed by atoms with E-state index in [1.165, 1.54) is 0 Å². The minimum absolute atomic E-state index is 0.0981. The highest BCUT2D eigenvalue weighted by molar-refractivity contribution is 6.30. The number of benzene rings is 1. The number of carbonyl (C=O) groups is 1. The number of nitrogens with zero attached hydrogens (tertiary/aromatic N) is 2. The third kappa shape index (κ3) is 4.04. The van der Waals surface area contributed by atoms with Crippen LogP contribution in [-0.2, 0) is 11.0 Å². The second-order valence-corrected chi connectivity index (χ2v) is 6.18. The predicted octanol–water partition coefficient (Wildman–Crippen LogP) is 4.36. The second-order valence-electron chi connectivity index (χ2n) is 5.75. The van der Waals surface area contributed by atoms with Crippen molar-refractivity contribution in [3.8, 4) is 0 Å². The van der Waals surface area contributed by atoms with Gasteiger partial charge in [-0.3, -0.25) is 4.79 Å². The van der Waals surface area contributed by atoms with E-state index in [9.17, 15) is 18.0 Å². The van der Waals surface area contributed by atoms with Gasteiger partial charge in [0.05, 0.1) is 5.56 Å². The second kappa shape index (κ2) is 6.92. The maximum Gasteiger partial charge on any atom is 0.417 e. The standard InChI is InChI=1S/C17H15ClF3N3O/c18-12-4-6-13(7-5-12)24-9-1-2-14(24)16(25)23-15-8-3-11(10-22-15)17(19,20)21/h3-8,10,14H,1-2,9H2,(H,22,23,25)/t14-/m0/s1. The van der Waals surface area contributed by atoms with Crippen molar-refractivity contribution >= 4 is 29.0 Å². The number of nitrogens with one attached hydrogen (secondary N) is 1. The maximum atomic E-state index is 12.6. The molecule has 2 aromatic rings. The molecule has 1 amide bonds. The van der Waals surface area contributed by atoms with Crippen molar-refractivity contribution < 1.29 is 18.0 Å². The van der Waals surface area contributed by atoms with Crippen LogP contribution in [-0.4, -0.2) is 23.5 Å². The van der Waals surface area contributed by atoms with E-state index in [1.807, 2.05) is 17.0 Å². The Labute approximate surface area is 147 Å². The maximum absolute atomic E-state index is 12.6. The molecule has 3 rings (SSSR count). The van der Waals surface area contributed by atoms with Crippen LogP contribution >= 0.6 is 11.6 Å². The van der Waals surface area contributed by atoms with Crippen LogP contribution in [0.5, 0.6) is 0 Å². The fourth-order valence-electron chi connectivity index (χ4n) is 2.83. The number of aromatic nitrogens is 1. The SMILES string of the molecule is O=C(Nc1ccc(C(F)(F)F)cn1)[C@@H]1CCCN1c1ccc(Cl)cc1. The summed E-state index contributed by atoms with van der Waals surface area (Å²) in [6.07, 6.45) is -2.23. The van der Waals surface area contributed by atoms with Gasteiger partial charge in [0.25, 0.3) is 0 Å². The van der Waals surface area contributed by atoms with Crippen molar-refractivity contribution in [2.75, 3.05) is 16.8 Å². The summed E-state index contributed by atoms with van der Waals surface area (Å²) in [5, 5.41) is 3.20. The van der Waals surface area contributed by atoms with Crippen molar-refractivity contribution in [1.29, 1.82) is 0 Å². The lowest BCUT2D eigenvalue weighted by molar-refractivity contribution is -0.137. The van der Waals surface area contributed by atoms with Gasteiger partial charge >= 0.3 is 6.18 Å². The number of halogens is 4. The van der Waals surface area contributed by atoms with Crippen LogP contribution in [0, 0.1) is 0 Å². The minimum atomic E-state index is -4.45. The molecule has 1 fully saturated rings. The van der Waals surface area contributed by atoms with E-state index in [1.54, 1.807) is 12.1 Å². The summed E-state index contributed by atoms with van der Waals surface area (Å²) in [7, 11) is 0. The van der Waals surface area contributed by atoms with Gasteiger partial charge in [0.15, 0.2) is 0 Å². The van der Waals surface area contributed by atoms with Gasteiger partial charge in [0.1, 0.15) is 11.9 Å². The summed E-state index contributed by atoms with van der Waals surface area (Å²) in [4.78, 5) is 18.1. The van der Waals surface area contributed by atoms with Crippen molar-refractivity contribution in [3.05, 3.63) is 53.2 Å². The first-order valence-electron chi connectivity index (χ1n) is 7.71. The van der Waals surface area contributed by atoms with Gasteiger partial charge in [-0.25, -0.2) is 4.98 Å². The van der Waals surface area contributed by atoms with E-state index in [2.05, 4.69) is 10.3 Å². The molecule has 0 saturated carbocycles. The minimum Gasteiger partial charge on any atom is -0.360 e. The lowest BCUT2D eigenvalue weighted by Crippen LogP contribution is -2.39. The van der Waals surface area contributed by atoms with Crippen LogP contribution in [0.2, 0.25) is 5.02 Å². The van der Waals surface area contributed by atoms with Crippen molar-refractivity contribution in [3.63, 3.8) is 0 Å². The molecule has 1 atom stereocenters. The normalized spacial score (nSPS) is 17.6. The van der Waals surface area contributed by atoms with Gasteiger partial charge in [-0.1, -0.05) is 11.6 Å². The third-order valence-corrected chi connectivity index (χ3v) is 4.31. The number of carbonyl (C=O) groups excluding carboxylic acids is 1. The number of alkyl halides is 3. The molecular formula is C17H15ClF3N3O. The Morgan fingerprint density at radius 3 is 2.52 bits per heavy atom. The lowest BCUT2D eigenvalue weighted by atomic mass is 10.2. The first-order valence-corrected chi connectivity index (χ1v) is 8.09. The van der Waals surface area contributed by atoms with Crippen LogP contribution < -0.4 is 10.2 Å². The van der Waals surface area contributed by atoms with Crippen LogP contribution in [0.3, 0.4) is 0 Å². The van der Waals surface area contributed by atoms with Gasteiger partial charge in [0, 0.05) is 23.5 Å². The molecule has 25 heavy (non-hydrogen) atoms. The summed E-state index contributed by atoms with van der Waals surface area (Å²) in [6.45, 7) is 0.722. The molecule has 1 aromatic carbocycles. The molecule has 0 radical (unpaired) electrons. The van der Waals surface area contributed by atoms with Crippen LogP contribution in [0.15, 0.2) is 42.6 Å². The van der Waals surface area contributed by atoms with Crippen molar-refractivity contribution in [2.24, 2.45) is 0 Å². The zero-order chi connectivity index (χ0) is 18.0. The monoisotopic (exact) mass is 369 g/mol. The summed E-state index contributed by atoms with van der Waals surface area (Å²) < 4.78 is 37.7. The zero-order valence-corrected chi connectivity index (χ0v) is 13.8. The molecule has 1 aliphatic rings. The number of hydrogen-bond donors (Lipinski definition) is 1. The first kappa shape index (κ1) is 17.5. The Balaban J connectivity index is 1.70. The lowest BCUT2D eigenvalue weighted by Gasteiger charge is -2.25. The Hall–Kier alpha value is -2.28. The average molecular weight is 370 g/mol. The smallest absolute Gasteiger partial charge is 0.360 e. The molecule has 0 aliphatic carbocycles. The highest BCUT2D eigenvalue weighted by Gasteiger charge is 2.32. The van der Waals surface area contributed by atoms with Gasteiger partial charge in [-0.05, 0) is 49.2 Å². The molecule has 0 bridgehead atoms. The van der Waals surface area contributed by atoms with Crippen LogP contribution in [0.4, 0.5) is 24.7 Å². The quantitative estimate of drug-likeness (QED) is 0.874. The fourth-order valence-corrected chi connectivity index (χ4v) is 2.95. The summed E-state index contributed by atoms with van der Waals surface area (Å²) in [5.41, 5.74) is 0.0246. The van der Waals surface area contributed by atoms with E-state index < -0.39 is 17.8 Å². The zero-order valence-electron chi connectivity index (χ0n) is 13.1. The summed E-state index contributed by atoms with van der Waals surface area (Å²) >= 11 is 5.88. The molecule has 132 valence electrons. The van der Waals surface area contributed by atoms with Crippen molar-refractivity contribution in [1.82, 2.24) is 4.98 Å². The van der Waals surface area contributed by atoms with Crippen LogP contribution in [0.25, 0.3) is 0 Å². The average Bonchev–Trinajstić information content (AvgIpc) is 3.05. The fraction of sp³-hybridized carbons (Fsp3) is 0.294. The molecule has 4 nitrogen and oxygen atoms in total. The molecule has 0 unspecified atom stereocenters. The number of pyridine rings is 1. The topological polar surface area (TPSA) is 45.2 Å². The Morgan fingerprint density at radius 2 is 1.92 bits per heavy atom. The largest absolute Gasteiger partial charge is 0.417 e. The molecule has 0 spiro atoms. The molecule has 1 aromatic heterocycles. The third-order valence-electron chi connectivity index (χ3n) is 4.06. The molecule has 1 N–H and O–H groups in total. The summed E-state index contributed by atoms with van der Waals surface area (Å²) in [5.74, 6) is -0.194. The predicted molar refractivity (Wildman–Crippen MR) is 89.7 cm³/mol. The molecule has 1 saturated heterocycles. The highest BCUT2D eigenvalue weighted by Crippen LogP contribution is 2.30. The van der Waals surface area contributed by atoms with Gasteiger partial charge in [-0.2, -0.15) is 13.2 Å². The number of hydrogen-bond acceptors (Lipinski definition) is 3. The Kier molecular flexibility index (Phi) is 4.85. The molecule has 1 aliphatic heterocycles. The van der Waals surface area contributed by atoms with E-state index in [0.717, 1.165) is 30.8 Å². The van der Waals surface area contributed by atoms with Gasteiger partial charge < -0.3 is 10.2 Å².